The number of carbonyl (C=O) groups is 2. The molecule has 2 aromatic carbocycles. The van der Waals surface area contributed by atoms with Gasteiger partial charge in [-0.2, -0.15) is 0 Å². The molecule has 3 nitrogen and oxygen atoms in total. The first-order valence-electron chi connectivity index (χ1n) is 6.24. The van der Waals surface area contributed by atoms with E-state index < -0.39 is 0 Å². The van der Waals surface area contributed by atoms with Gasteiger partial charge in [-0.3, -0.25) is 14.5 Å². The summed E-state index contributed by atoms with van der Waals surface area (Å²) in [6, 6.07) is 18.4. The van der Waals surface area contributed by atoms with Gasteiger partial charge in [0.2, 0.25) is 5.91 Å². The van der Waals surface area contributed by atoms with Crippen molar-refractivity contribution in [1.82, 2.24) is 4.90 Å². The summed E-state index contributed by atoms with van der Waals surface area (Å²) in [5.41, 5.74) is 1.56. The molecular formula is C16H13NO2. The van der Waals surface area contributed by atoms with E-state index in [2.05, 4.69) is 0 Å². The molecule has 0 N–H and O–H groups in total. The Morgan fingerprint density at radius 3 is 2.11 bits per heavy atom. The van der Waals surface area contributed by atoms with Crippen molar-refractivity contribution in [3.05, 3.63) is 71.8 Å². The Morgan fingerprint density at radius 2 is 1.53 bits per heavy atom. The third kappa shape index (κ3) is 2.03. The number of β-lactam (4-membered cyclic amide) rings is 1. The van der Waals surface area contributed by atoms with Crippen LogP contribution in [0.3, 0.4) is 0 Å². The van der Waals surface area contributed by atoms with Crippen LogP contribution in [0.15, 0.2) is 60.7 Å². The molecule has 3 heteroatoms. The molecule has 0 bridgehead atoms. The molecule has 1 unspecified atom stereocenters. The van der Waals surface area contributed by atoms with Crippen LogP contribution in [0.4, 0.5) is 0 Å². The lowest BCUT2D eigenvalue weighted by Gasteiger charge is -2.39. The Kier molecular flexibility index (Phi) is 2.88. The van der Waals surface area contributed by atoms with Crippen molar-refractivity contribution in [2.75, 3.05) is 0 Å². The molecule has 0 aliphatic carbocycles. The molecule has 2 aromatic rings. The van der Waals surface area contributed by atoms with E-state index in [0.717, 1.165) is 5.56 Å². The Morgan fingerprint density at radius 1 is 0.947 bits per heavy atom. The number of nitrogens with zero attached hydrogens (tertiary/aromatic N) is 1. The fourth-order valence-electron chi connectivity index (χ4n) is 2.33. The number of benzene rings is 2. The van der Waals surface area contributed by atoms with Crippen LogP contribution < -0.4 is 0 Å². The second kappa shape index (κ2) is 4.69. The first-order valence-corrected chi connectivity index (χ1v) is 6.24. The number of amides is 2. The third-order valence-electron chi connectivity index (χ3n) is 3.37. The molecule has 0 aromatic heterocycles. The average Bonchev–Trinajstić information content (AvgIpc) is 2.46. The molecule has 2 amide bonds. The molecule has 1 saturated heterocycles. The minimum absolute atomic E-state index is 0.109. The Labute approximate surface area is 111 Å². The van der Waals surface area contributed by atoms with Crippen LogP contribution in [0.5, 0.6) is 0 Å². The summed E-state index contributed by atoms with van der Waals surface area (Å²) in [4.78, 5) is 25.4. The highest BCUT2D eigenvalue weighted by Crippen LogP contribution is 2.35. The topological polar surface area (TPSA) is 37.4 Å². The van der Waals surface area contributed by atoms with Crippen molar-refractivity contribution < 1.29 is 9.59 Å². The van der Waals surface area contributed by atoms with Crippen molar-refractivity contribution in [1.29, 1.82) is 0 Å². The van der Waals surface area contributed by atoms with Crippen molar-refractivity contribution in [2.24, 2.45) is 0 Å². The van der Waals surface area contributed by atoms with E-state index in [-0.39, 0.29) is 17.9 Å². The molecule has 19 heavy (non-hydrogen) atoms. The predicted molar refractivity (Wildman–Crippen MR) is 71.4 cm³/mol. The lowest BCUT2D eigenvalue weighted by Crippen LogP contribution is -2.49. The monoisotopic (exact) mass is 251 g/mol. The highest BCUT2D eigenvalue weighted by molar-refractivity contribution is 6.08. The SMILES string of the molecule is O=C1CC(c2ccccc2)N1C(=O)c1ccccc1. The Bertz CT molecular complexity index is 607. The fraction of sp³-hybridized carbons (Fsp3) is 0.125. The maximum absolute atomic E-state index is 12.3. The van der Waals surface area contributed by atoms with E-state index in [1.165, 1.54) is 4.90 Å². The summed E-state index contributed by atoms with van der Waals surface area (Å²) in [6.45, 7) is 0. The lowest BCUT2D eigenvalue weighted by molar-refractivity contribution is -0.141. The van der Waals surface area contributed by atoms with E-state index >= 15 is 0 Å². The van der Waals surface area contributed by atoms with Crippen LogP contribution >= 0.6 is 0 Å². The van der Waals surface area contributed by atoms with Gasteiger partial charge in [0.25, 0.3) is 5.91 Å². The lowest BCUT2D eigenvalue weighted by atomic mass is 9.93. The minimum atomic E-state index is -0.217. The number of likely N-dealkylation sites (tertiary alicyclic amines) is 1. The quantitative estimate of drug-likeness (QED) is 0.608. The molecule has 1 fully saturated rings. The number of hydrogen-bond donors (Lipinski definition) is 0. The molecule has 94 valence electrons. The largest absolute Gasteiger partial charge is 0.274 e. The molecule has 1 aliphatic heterocycles. The van der Waals surface area contributed by atoms with Gasteiger partial charge in [0.05, 0.1) is 12.5 Å². The van der Waals surface area contributed by atoms with Gasteiger partial charge < -0.3 is 0 Å². The van der Waals surface area contributed by atoms with Crippen molar-refractivity contribution in [2.45, 2.75) is 12.5 Å². The summed E-state index contributed by atoms with van der Waals surface area (Å²) in [5, 5.41) is 0. The van der Waals surface area contributed by atoms with Crippen LogP contribution in [0.1, 0.15) is 28.4 Å². The number of imide groups is 1. The summed E-state index contributed by atoms with van der Waals surface area (Å²) in [7, 11) is 0. The molecule has 0 radical (unpaired) electrons. The summed E-state index contributed by atoms with van der Waals surface area (Å²) >= 11 is 0. The van der Waals surface area contributed by atoms with Crippen LogP contribution in [0.25, 0.3) is 0 Å². The zero-order valence-corrected chi connectivity index (χ0v) is 10.3. The summed E-state index contributed by atoms with van der Waals surface area (Å²) < 4.78 is 0. The minimum Gasteiger partial charge on any atom is -0.274 e. The molecule has 3 rings (SSSR count). The van der Waals surface area contributed by atoms with E-state index in [4.69, 9.17) is 0 Å². The molecular weight excluding hydrogens is 238 g/mol. The summed E-state index contributed by atoms with van der Waals surface area (Å²) in [6.07, 6.45) is 0.405. The van der Waals surface area contributed by atoms with Gasteiger partial charge in [-0.1, -0.05) is 48.5 Å². The van der Waals surface area contributed by atoms with Gasteiger partial charge in [-0.25, -0.2) is 0 Å². The van der Waals surface area contributed by atoms with Crippen LogP contribution in [0.2, 0.25) is 0 Å². The van der Waals surface area contributed by atoms with Crippen molar-refractivity contribution in [3.63, 3.8) is 0 Å². The van der Waals surface area contributed by atoms with Gasteiger partial charge in [-0.15, -0.1) is 0 Å². The highest BCUT2D eigenvalue weighted by atomic mass is 16.2. The Balaban J connectivity index is 1.87. The molecule has 1 aliphatic rings. The maximum Gasteiger partial charge on any atom is 0.261 e. The maximum atomic E-state index is 12.3. The first-order chi connectivity index (χ1) is 9.27. The third-order valence-corrected chi connectivity index (χ3v) is 3.37. The van der Waals surface area contributed by atoms with E-state index in [1.807, 2.05) is 36.4 Å². The Hall–Kier alpha value is -2.42. The normalized spacial score (nSPS) is 18.0. The smallest absolute Gasteiger partial charge is 0.261 e. The second-order valence-corrected chi connectivity index (χ2v) is 4.57. The van der Waals surface area contributed by atoms with Crippen LogP contribution in [-0.2, 0) is 4.79 Å². The van der Waals surface area contributed by atoms with Gasteiger partial charge in [0.15, 0.2) is 0 Å². The highest BCUT2D eigenvalue weighted by Gasteiger charge is 2.41. The van der Waals surface area contributed by atoms with Crippen molar-refractivity contribution >= 4 is 11.8 Å². The van der Waals surface area contributed by atoms with Gasteiger partial charge in [-0.05, 0) is 17.7 Å². The zero-order chi connectivity index (χ0) is 13.2. The summed E-state index contributed by atoms with van der Waals surface area (Å²) in [5.74, 6) is -0.326. The molecule has 0 saturated carbocycles. The van der Waals surface area contributed by atoms with E-state index in [1.54, 1.807) is 24.3 Å². The van der Waals surface area contributed by atoms with E-state index in [9.17, 15) is 9.59 Å². The first kappa shape index (κ1) is 11.7. The number of rotatable bonds is 2. The van der Waals surface area contributed by atoms with Crippen LogP contribution in [0, 0.1) is 0 Å². The second-order valence-electron chi connectivity index (χ2n) is 4.57. The number of hydrogen-bond acceptors (Lipinski definition) is 2. The molecule has 1 heterocycles. The zero-order valence-electron chi connectivity index (χ0n) is 10.3. The van der Waals surface area contributed by atoms with Crippen LogP contribution in [-0.4, -0.2) is 16.7 Å². The molecule has 1 atom stereocenters. The standard InChI is InChI=1S/C16H13NO2/c18-15-11-14(12-7-3-1-4-8-12)17(15)16(19)13-9-5-2-6-10-13/h1-10,14H,11H2. The van der Waals surface area contributed by atoms with Gasteiger partial charge in [0, 0.05) is 5.56 Å². The molecule has 0 spiro atoms. The van der Waals surface area contributed by atoms with Gasteiger partial charge in [0.1, 0.15) is 0 Å². The van der Waals surface area contributed by atoms with Gasteiger partial charge >= 0.3 is 0 Å². The van der Waals surface area contributed by atoms with E-state index in [0.29, 0.717) is 12.0 Å². The number of carbonyl (C=O) groups excluding carboxylic acids is 2. The fourth-order valence-corrected chi connectivity index (χ4v) is 2.33. The predicted octanol–water partition coefficient (Wildman–Crippen LogP) is 2.80. The van der Waals surface area contributed by atoms with Crippen molar-refractivity contribution in [3.8, 4) is 0 Å². The average molecular weight is 251 g/mol.